The molecule has 0 unspecified atom stereocenters. The van der Waals surface area contributed by atoms with Crippen LogP contribution in [0.15, 0.2) is 0 Å². The summed E-state index contributed by atoms with van der Waals surface area (Å²) in [6.07, 6.45) is 4.91. The van der Waals surface area contributed by atoms with Gasteiger partial charge in [0.1, 0.15) is 0 Å². The van der Waals surface area contributed by atoms with E-state index in [0.29, 0.717) is 54.5 Å². The van der Waals surface area contributed by atoms with Gasteiger partial charge in [-0.15, -0.1) is 0 Å². The lowest BCUT2D eigenvalue weighted by Crippen LogP contribution is -2.38. The maximum Gasteiger partial charge on any atom is 0.250 e. The van der Waals surface area contributed by atoms with Crippen LogP contribution in [-0.2, 0) is 9.47 Å². The van der Waals surface area contributed by atoms with Gasteiger partial charge in [-0.3, -0.25) is 0 Å². The molecule has 5 rings (SSSR count). The largest absolute Gasteiger partial charge is 0.393 e. The molecular formula is C43H82F4O7. The average molecular weight is 787 g/mol. The normalized spacial score (nSPS) is 35.1. The van der Waals surface area contributed by atoms with Crippen LogP contribution < -0.4 is 0 Å². The molecule has 11 heteroatoms. The van der Waals surface area contributed by atoms with Gasteiger partial charge in [-0.1, -0.05) is 82.1 Å². The van der Waals surface area contributed by atoms with E-state index in [2.05, 4.69) is 41.5 Å². The summed E-state index contributed by atoms with van der Waals surface area (Å²) in [4.78, 5) is 0. The molecule has 0 aromatic carbocycles. The number of alkyl halides is 4. The summed E-state index contributed by atoms with van der Waals surface area (Å²) < 4.78 is 61.6. The number of aliphatic hydroxyl groups excluding tert-OH is 5. The summed E-state index contributed by atoms with van der Waals surface area (Å²) in [6, 6.07) is 0. The van der Waals surface area contributed by atoms with E-state index >= 15 is 0 Å². The first-order valence-electron chi connectivity index (χ1n) is 21.3. The number of hydrogen-bond acceptors (Lipinski definition) is 7. The lowest BCUT2D eigenvalue weighted by Gasteiger charge is -2.35. The van der Waals surface area contributed by atoms with Crippen molar-refractivity contribution in [2.45, 2.75) is 189 Å². The highest BCUT2D eigenvalue weighted by Gasteiger charge is 2.42. The summed E-state index contributed by atoms with van der Waals surface area (Å²) in [7, 11) is 0. The van der Waals surface area contributed by atoms with E-state index in [1.54, 1.807) is 0 Å². The van der Waals surface area contributed by atoms with Crippen LogP contribution in [0.25, 0.3) is 0 Å². The Bertz CT molecular complexity index is 904. The third kappa shape index (κ3) is 19.3. The zero-order valence-electron chi connectivity index (χ0n) is 35.5. The van der Waals surface area contributed by atoms with Gasteiger partial charge in [-0.05, 0) is 91.8 Å². The smallest absolute Gasteiger partial charge is 0.250 e. The van der Waals surface area contributed by atoms with Crippen molar-refractivity contribution in [3.8, 4) is 0 Å². The van der Waals surface area contributed by atoms with Crippen molar-refractivity contribution in [2.24, 2.45) is 59.2 Å². The van der Waals surface area contributed by atoms with Crippen LogP contribution in [0.3, 0.4) is 0 Å². The maximum absolute atomic E-state index is 12.9. The van der Waals surface area contributed by atoms with E-state index in [4.69, 9.17) is 9.47 Å². The van der Waals surface area contributed by atoms with E-state index in [-0.39, 0.29) is 68.2 Å². The zero-order valence-corrected chi connectivity index (χ0v) is 35.5. The molecule has 0 radical (unpaired) electrons. The second-order valence-corrected chi connectivity index (χ2v) is 18.6. The van der Waals surface area contributed by atoms with Crippen LogP contribution >= 0.6 is 0 Å². The first-order valence-corrected chi connectivity index (χ1v) is 21.3. The molecule has 2 saturated heterocycles. The molecule has 0 spiro atoms. The quantitative estimate of drug-likeness (QED) is 0.177. The fourth-order valence-corrected chi connectivity index (χ4v) is 8.56. The molecule has 2 aliphatic heterocycles. The minimum atomic E-state index is -2.63. The van der Waals surface area contributed by atoms with Crippen molar-refractivity contribution >= 4 is 0 Å². The fraction of sp³-hybridized carbons (Fsp3) is 1.00. The predicted octanol–water partition coefficient (Wildman–Crippen LogP) is 9.15. The topological polar surface area (TPSA) is 120 Å². The van der Waals surface area contributed by atoms with E-state index < -0.39 is 24.1 Å². The zero-order chi connectivity index (χ0) is 41.4. The molecule has 5 N–H and O–H groups in total. The third-order valence-electron chi connectivity index (χ3n) is 12.5. The molecule has 5 fully saturated rings. The standard InChI is InChI=1S/2C9H16F2O.C9H18O.2C8H16O2/c1-6(2)7-5-9(10,11)4-3-8(7)12;1-6(2)7-3-4-9(10,11)5-8(7)12;1-7(2)8-5-3-4-6-9(8)10;1-6(2)7-5-10-4-3-8(7)9;1-6(2)7-3-4-10-5-8(7)9/h2*6-8,12H,3-5H2,1-2H3;7-10H,3-6H2,1-2H3;2*6-9H,3-5H2,1-2H3/t2*7-,8+;8-,9+;2*7-,8+/m11111/s1. The molecule has 3 aliphatic carbocycles. The number of rotatable bonds is 5. The second-order valence-electron chi connectivity index (χ2n) is 18.6. The molecule has 324 valence electrons. The second kappa shape index (κ2) is 25.0. The first-order chi connectivity index (χ1) is 25.0. The summed E-state index contributed by atoms with van der Waals surface area (Å²) in [6.45, 7) is 23.5. The highest BCUT2D eigenvalue weighted by molar-refractivity contribution is 4.86. The summed E-state index contributed by atoms with van der Waals surface area (Å²) >= 11 is 0. The Morgan fingerprint density at radius 1 is 0.407 bits per heavy atom. The van der Waals surface area contributed by atoms with Gasteiger partial charge >= 0.3 is 0 Å². The summed E-state index contributed by atoms with van der Waals surface area (Å²) in [5.41, 5.74) is 0. The van der Waals surface area contributed by atoms with Crippen LogP contribution in [0, 0.1) is 59.2 Å². The molecule has 54 heavy (non-hydrogen) atoms. The molecule has 0 aromatic rings. The van der Waals surface area contributed by atoms with Gasteiger partial charge in [0.05, 0.1) is 43.7 Å². The molecule has 0 aromatic heterocycles. The molecule has 3 saturated carbocycles. The lowest BCUT2D eigenvalue weighted by atomic mass is 9.78. The van der Waals surface area contributed by atoms with Crippen LogP contribution in [-0.4, -0.2) is 94.3 Å². The first kappa shape index (κ1) is 51.5. The number of halogens is 4. The number of ether oxygens (including phenoxy) is 2. The highest BCUT2D eigenvalue weighted by atomic mass is 19.3. The van der Waals surface area contributed by atoms with Crippen molar-refractivity contribution in [2.75, 3.05) is 26.4 Å². The minimum Gasteiger partial charge on any atom is -0.393 e. The monoisotopic (exact) mass is 787 g/mol. The Kier molecular flexibility index (Phi) is 23.9. The molecule has 7 nitrogen and oxygen atoms in total. The maximum atomic E-state index is 12.9. The Hall–Kier alpha value is -0.560. The molecule has 0 bridgehead atoms. The predicted molar refractivity (Wildman–Crippen MR) is 209 cm³/mol. The minimum absolute atomic E-state index is 0.00579. The van der Waals surface area contributed by atoms with Crippen LogP contribution in [0.5, 0.6) is 0 Å². The molecule has 10 atom stereocenters. The fourth-order valence-electron chi connectivity index (χ4n) is 8.56. The highest BCUT2D eigenvalue weighted by Crippen LogP contribution is 2.40. The van der Waals surface area contributed by atoms with Crippen molar-refractivity contribution in [1.82, 2.24) is 0 Å². The van der Waals surface area contributed by atoms with Gasteiger partial charge in [0.25, 0.3) is 5.92 Å². The van der Waals surface area contributed by atoms with Crippen molar-refractivity contribution in [3.05, 3.63) is 0 Å². The van der Waals surface area contributed by atoms with Crippen molar-refractivity contribution in [3.63, 3.8) is 0 Å². The van der Waals surface area contributed by atoms with Crippen molar-refractivity contribution < 1.29 is 52.6 Å². The Balaban J connectivity index is 0.000000338. The molecular weight excluding hydrogens is 704 g/mol. The van der Waals surface area contributed by atoms with Crippen molar-refractivity contribution in [1.29, 1.82) is 0 Å². The van der Waals surface area contributed by atoms with Gasteiger partial charge in [0.2, 0.25) is 5.92 Å². The van der Waals surface area contributed by atoms with Gasteiger partial charge < -0.3 is 35.0 Å². The number of hydrogen-bond donors (Lipinski definition) is 5. The molecule has 5 aliphatic rings. The van der Waals surface area contributed by atoms with Gasteiger partial charge in [0, 0.05) is 44.8 Å². The van der Waals surface area contributed by atoms with E-state index in [1.165, 1.54) is 19.3 Å². The van der Waals surface area contributed by atoms with Gasteiger partial charge in [0.15, 0.2) is 0 Å². The van der Waals surface area contributed by atoms with E-state index in [9.17, 15) is 43.1 Å². The number of aliphatic hydroxyl groups is 5. The van der Waals surface area contributed by atoms with Crippen LogP contribution in [0.2, 0.25) is 0 Å². The molecule has 0 amide bonds. The lowest BCUT2D eigenvalue weighted by molar-refractivity contribution is -0.105. The summed E-state index contributed by atoms with van der Waals surface area (Å²) in [5, 5.41) is 47.2. The summed E-state index contributed by atoms with van der Waals surface area (Å²) in [5.74, 6) is -1.74. The van der Waals surface area contributed by atoms with E-state index in [1.807, 2.05) is 27.7 Å². The molecule has 2 heterocycles. The van der Waals surface area contributed by atoms with Gasteiger partial charge in [-0.25, -0.2) is 17.6 Å². The average Bonchev–Trinajstić information content (AvgIpc) is 3.06. The Morgan fingerprint density at radius 2 is 0.815 bits per heavy atom. The van der Waals surface area contributed by atoms with Crippen LogP contribution in [0.4, 0.5) is 17.6 Å². The Morgan fingerprint density at radius 3 is 1.22 bits per heavy atom. The van der Waals surface area contributed by atoms with Gasteiger partial charge in [-0.2, -0.15) is 0 Å². The van der Waals surface area contributed by atoms with E-state index in [0.717, 1.165) is 39.1 Å². The third-order valence-corrected chi connectivity index (χ3v) is 12.5. The SMILES string of the molecule is CC(C)[C@H]1CC(F)(F)CC[C@@H]1O.CC(C)[C@H]1CCC(F)(F)C[C@@H]1O.CC(C)[C@H]1CCCC[C@@H]1O.CC(C)[C@H]1CCOC[C@@H]1O.CC(C)[C@H]1COCC[C@@H]1O. The Labute approximate surface area is 326 Å². The van der Waals surface area contributed by atoms with Crippen LogP contribution in [0.1, 0.15) is 146 Å².